The molecule has 0 spiro atoms. The van der Waals surface area contributed by atoms with Crippen LogP contribution in [0.1, 0.15) is 27.3 Å². The zero-order valence-electron chi connectivity index (χ0n) is 14.5. The van der Waals surface area contributed by atoms with Crippen LogP contribution in [0.15, 0.2) is 54.6 Å². The SMILES string of the molecule is Cc1nn(-c2ccccc2)c(C)c1CN(C)C(=O)c1ccccc1Cl. The van der Waals surface area contributed by atoms with Crippen LogP contribution in [0.5, 0.6) is 0 Å². The Morgan fingerprint density at radius 2 is 1.72 bits per heavy atom. The number of benzene rings is 2. The van der Waals surface area contributed by atoms with Crippen molar-refractivity contribution in [2.24, 2.45) is 0 Å². The van der Waals surface area contributed by atoms with Crippen molar-refractivity contribution >= 4 is 17.5 Å². The lowest BCUT2D eigenvalue weighted by molar-refractivity contribution is 0.0785. The van der Waals surface area contributed by atoms with Gasteiger partial charge in [-0.15, -0.1) is 0 Å². The summed E-state index contributed by atoms with van der Waals surface area (Å²) in [6, 6.07) is 17.1. The third-order valence-corrected chi connectivity index (χ3v) is 4.62. The molecule has 1 aromatic heterocycles. The smallest absolute Gasteiger partial charge is 0.255 e. The molecule has 5 heteroatoms. The summed E-state index contributed by atoms with van der Waals surface area (Å²) in [4.78, 5) is 14.4. The van der Waals surface area contributed by atoms with E-state index in [9.17, 15) is 4.79 Å². The summed E-state index contributed by atoms with van der Waals surface area (Å²) in [6.07, 6.45) is 0. The van der Waals surface area contributed by atoms with Crippen molar-refractivity contribution in [3.05, 3.63) is 82.1 Å². The Morgan fingerprint density at radius 3 is 2.40 bits per heavy atom. The second kappa shape index (κ2) is 7.11. The van der Waals surface area contributed by atoms with Crippen molar-refractivity contribution in [2.75, 3.05) is 7.05 Å². The highest BCUT2D eigenvalue weighted by Crippen LogP contribution is 2.21. The van der Waals surface area contributed by atoms with Crippen molar-refractivity contribution in [1.29, 1.82) is 0 Å². The van der Waals surface area contributed by atoms with Gasteiger partial charge in [-0.3, -0.25) is 4.79 Å². The summed E-state index contributed by atoms with van der Waals surface area (Å²) in [5.41, 5.74) is 4.52. The maximum atomic E-state index is 12.7. The van der Waals surface area contributed by atoms with Gasteiger partial charge in [-0.05, 0) is 38.1 Å². The molecule has 0 aliphatic heterocycles. The third-order valence-electron chi connectivity index (χ3n) is 4.29. The molecule has 128 valence electrons. The van der Waals surface area contributed by atoms with Gasteiger partial charge in [0.2, 0.25) is 0 Å². The molecule has 25 heavy (non-hydrogen) atoms. The van der Waals surface area contributed by atoms with Crippen molar-refractivity contribution in [3.8, 4) is 5.69 Å². The van der Waals surface area contributed by atoms with Crippen molar-refractivity contribution in [2.45, 2.75) is 20.4 Å². The molecule has 0 aliphatic rings. The lowest BCUT2D eigenvalue weighted by Crippen LogP contribution is -2.27. The molecule has 2 aromatic carbocycles. The van der Waals surface area contributed by atoms with E-state index in [1.807, 2.05) is 61.0 Å². The minimum Gasteiger partial charge on any atom is -0.337 e. The van der Waals surface area contributed by atoms with Gasteiger partial charge >= 0.3 is 0 Å². The highest BCUT2D eigenvalue weighted by atomic mass is 35.5. The summed E-state index contributed by atoms with van der Waals surface area (Å²) < 4.78 is 1.92. The van der Waals surface area contributed by atoms with Gasteiger partial charge in [-0.2, -0.15) is 5.10 Å². The molecular formula is C20H20ClN3O. The first-order valence-corrected chi connectivity index (χ1v) is 8.47. The van der Waals surface area contributed by atoms with Crippen LogP contribution in [0.3, 0.4) is 0 Å². The van der Waals surface area contributed by atoms with Gasteiger partial charge in [0.05, 0.1) is 22.0 Å². The molecule has 3 aromatic rings. The average Bonchev–Trinajstić information content (AvgIpc) is 2.90. The second-order valence-corrected chi connectivity index (χ2v) is 6.44. The molecule has 1 heterocycles. The Kier molecular flexibility index (Phi) is 4.91. The highest BCUT2D eigenvalue weighted by molar-refractivity contribution is 6.33. The number of aromatic nitrogens is 2. The number of carbonyl (C=O) groups is 1. The Hall–Kier alpha value is -2.59. The molecule has 0 fully saturated rings. The van der Waals surface area contributed by atoms with Crippen molar-refractivity contribution in [3.63, 3.8) is 0 Å². The predicted molar refractivity (Wildman–Crippen MR) is 100 cm³/mol. The molecular weight excluding hydrogens is 334 g/mol. The lowest BCUT2D eigenvalue weighted by Gasteiger charge is -2.18. The number of hydrogen-bond acceptors (Lipinski definition) is 2. The molecule has 0 aliphatic carbocycles. The second-order valence-electron chi connectivity index (χ2n) is 6.04. The van der Waals surface area contributed by atoms with Gasteiger partial charge in [-0.25, -0.2) is 4.68 Å². The maximum absolute atomic E-state index is 12.7. The number of aryl methyl sites for hydroxylation is 1. The topological polar surface area (TPSA) is 38.1 Å². The van der Waals surface area contributed by atoms with E-state index in [0.717, 1.165) is 22.6 Å². The number of halogens is 1. The molecule has 0 radical (unpaired) electrons. The summed E-state index contributed by atoms with van der Waals surface area (Å²) >= 11 is 6.15. The first-order valence-electron chi connectivity index (χ1n) is 8.09. The van der Waals surface area contributed by atoms with Gasteiger partial charge < -0.3 is 4.90 Å². The standard InChI is InChI=1S/C20H20ClN3O/c1-14-18(15(2)24(22-14)16-9-5-4-6-10-16)13-23(3)20(25)17-11-7-8-12-19(17)21/h4-12H,13H2,1-3H3. The van der Waals surface area contributed by atoms with Crippen LogP contribution in [0.2, 0.25) is 5.02 Å². The average molecular weight is 354 g/mol. The van der Waals surface area contributed by atoms with E-state index in [1.54, 1.807) is 24.1 Å². The van der Waals surface area contributed by atoms with Crippen LogP contribution in [0.4, 0.5) is 0 Å². The van der Waals surface area contributed by atoms with Crippen LogP contribution < -0.4 is 0 Å². The molecule has 0 saturated carbocycles. The van der Waals surface area contributed by atoms with E-state index in [2.05, 4.69) is 5.10 Å². The van der Waals surface area contributed by atoms with Crippen LogP contribution >= 0.6 is 11.6 Å². The molecule has 1 amide bonds. The Bertz CT molecular complexity index is 903. The first-order chi connectivity index (χ1) is 12.0. The summed E-state index contributed by atoms with van der Waals surface area (Å²) in [7, 11) is 1.78. The van der Waals surface area contributed by atoms with Gasteiger partial charge in [0.25, 0.3) is 5.91 Å². The van der Waals surface area contributed by atoms with Crippen LogP contribution in [0, 0.1) is 13.8 Å². The molecule has 0 saturated heterocycles. The van der Waals surface area contributed by atoms with E-state index in [-0.39, 0.29) is 5.91 Å². The molecule has 0 unspecified atom stereocenters. The van der Waals surface area contributed by atoms with Crippen molar-refractivity contribution in [1.82, 2.24) is 14.7 Å². The Balaban J connectivity index is 1.87. The Labute approximate surface area is 152 Å². The monoisotopic (exact) mass is 353 g/mol. The number of nitrogens with zero attached hydrogens (tertiary/aromatic N) is 3. The quantitative estimate of drug-likeness (QED) is 0.696. The molecule has 0 N–H and O–H groups in total. The van der Waals surface area contributed by atoms with Gasteiger partial charge in [-0.1, -0.05) is 41.9 Å². The number of amides is 1. The van der Waals surface area contributed by atoms with E-state index in [0.29, 0.717) is 17.1 Å². The van der Waals surface area contributed by atoms with Crippen LogP contribution in [-0.2, 0) is 6.54 Å². The fourth-order valence-corrected chi connectivity index (χ4v) is 3.09. The van der Waals surface area contributed by atoms with E-state index >= 15 is 0 Å². The minimum absolute atomic E-state index is 0.100. The van der Waals surface area contributed by atoms with E-state index < -0.39 is 0 Å². The fourth-order valence-electron chi connectivity index (χ4n) is 2.87. The third kappa shape index (κ3) is 3.44. The zero-order valence-corrected chi connectivity index (χ0v) is 15.3. The normalized spacial score (nSPS) is 10.7. The minimum atomic E-state index is -0.100. The lowest BCUT2D eigenvalue weighted by atomic mass is 10.1. The van der Waals surface area contributed by atoms with Gasteiger partial charge in [0, 0.05) is 24.8 Å². The molecule has 0 atom stereocenters. The van der Waals surface area contributed by atoms with Crippen LogP contribution in [-0.4, -0.2) is 27.6 Å². The predicted octanol–water partition coefficient (Wildman–Crippen LogP) is 4.41. The number of para-hydroxylation sites is 1. The fraction of sp³-hybridized carbons (Fsp3) is 0.200. The Morgan fingerprint density at radius 1 is 1.08 bits per heavy atom. The van der Waals surface area contributed by atoms with E-state index in [4.69, 9.17) is 11.6 Å². The summed E-state index contributed by atoms with van der Waals surface area (Å²) in [5, 5.41) is 5.10. The molecule has 0 bridgehead atoms. The van der Waals surface area contributed by atoms with Crippen molar-refractivity contribution < 1.29 is 4.79 Å². The number of carbonyl (C=O) groups excluding carboxylic acids is 1. The summed E-state index contributed by atoms with van der Waals surface area (Å²) in [5.74, 6) is -0.100. The van der Waals surface area contributed by atoms with Gasteiger partial charge in [0.15, 0.2) is 0 Å². The maximum Gasteiger partial charge on any atom is 0.255 e. The zero-order chi connectivity index (χ0) is 18.0. The van der Waals surface area contributed by atoms with Crippen LogP contribution in [0.25, 0.3) is 5.69 Å². The number of rotatable bonds is 4. The number of hydrogen-bond donors (Lipinski definition) is 0. The molecule has 4 nitrogen and oxygen atoms in total. The molecule has 3 rings (SSSR count). The highest BCUT2D eigenvalue weighted by Gasteiger charge is 2.19. The summed E-state index contributed by atoms with van der Waals surface area (Å²) in [6.45, 7) is 4.47. The van der Waals surface area contributed by atoms with E-state index in [1.165, 1.54) is 0 Å². The first kappa shape index (κ1) is 17.2. The van der Waals surface area contributed by atoms with Gasteiger partial charge in [0.1, 0.15) is 0 Å². The largest absolute Gasteiger partial charge is 0.337 e.